The Morgan fingerprint density at radius 3 is 2.63 bits per heavy atom. The molecule has 0 spiro atoms. The fraction of sp³-hybridized carbons (Fsp3) is 0.545. The van der Waals surface area contributed by atoms with Gasteiger partial charge in [-0.25, -0.2) is 4.98 Å². The predicted octanol–water partition coefficient (Wildman–Crippen LogP) is 6.15. The van der Waals surface area contributed by atoms with Gasteiger partial charge in [0.05, 0.1) is 6.61 Å². The summed E-state index contributed by atoms with van der Waals surface area (Å²) >= 11 is 0. The number of unbranched alkanes of at least 4 members (excludes halogenated alkanes) is 2. The van der Waals surface area contributed by atoms with Crippen LogP contribution in [0, 0.1) is 0 Å². The number of anilines is 2. The Hall–Kier alpha value is -2.51. The molecule has 0 bridgehead atoms. The summed E-state index contributed by atoms with van der Waals surface area (Å²) in [5.74, 6) is 0.370. The third-order valence-electron chi connectivity index (χ3n) is 5.17. The van der Waals surface area contributed by atoms with E-state index in [4.69, 9.17) is 9.47 Å². The molecule has 1 aliphatic carbocycles. The summed E-state index contributed by atoms with van der Waals surface area (Å²) in [5.41, 5.74) is -0.364. The fourth-order valence-electron chi connectivity index (χ4n) is 3.47. The highest BCUT2D eigenvalue weighted by atomic mass is 19.4. The van der Waals surface area contributed by atoms with E-state index in [-0.39, 0.29) is 17.9 Å². The number of alkyl halides is 3. The summed E-state index contributed by atoms with van der Waals surface area (Å²) < 4.78 is 52.3. The Bertz CT molecular complexity index is 824. The average Bonchev–Trinajstić information content (AvgIpc) is 3.23. The van der Waals surface area contributed by atoms with Gasteiger partial charge in [0.1, 0.15) is 17.4 Å². The van der Waals surface area contributed by atoms with Crippen molar-refractivity contribution in [3.63, 3.8) is 0 Å². The second-order valence-electron chi connectivity index (χ2n) is 7.52. The van der Waals surface area contributed by atoms with Gasteiger partial charge in [0, 0.05) is 25.0 Å². The van der Waals surface area contributed by atoms with Gasteiger partial charge in [-0.1, -0.05) is 25.8 Å². The first-order valence-corrected chi connectivity index (χ1v) is 10.5. The second-order valence-corrected chi connectivity index (χ2v) is 7.52. The molecule has 0 aliphatic heterocycles. The number of hydrogen-bond acceptors (Lipinski definition) is 5. The van der Waals surface area contributed by atoms with Crippen LogP contribution in [0.1, 0.15) is 57.4 Å². The Labute approximate surface area is 175 Å². The highest BCUT2D eigenvalue weighted by Gasteiger charge is 2.37. The molecule has 1 aromatic carbocycles. The van der Waals surface area contributed by atoms with Gasteiger partial charge in [-0.05, 0) is 44.2 Å². The van der Waals surface area contributed by atoms with Crippen LogP contribution in [0.15, 0.2) is 30.5 Å². The highest BCUT2D eigenvalue weighted by Crippen LogP contribution is 2.38. The Balaban J connectivity index is 1.84. The number of halogens is 3. The number of ether oxygens (including phenoxy) is 2. The minimum absolute atomic E-state index is 0.0243. The molecule has 1 saturated carbocycles. The van der Waals surface area contributed by atoms with E-state index < -0.39 is 11.7 Å². The zero-order chi connectivity index (χ0) is 21.6. The standard InChI is InChI=1S/C22H28F3N3O2/c1-3-4-7-13-29-18-12-8-9-16(14-18)28(2)20-19(22(23,24)25)15-26-21(27-20)30-17-10-5-6-11-17/h8-9,12,14-15,17H,3-7,10-11,13H2,1-2H3. The van der Waals surface area contributed by atoms with Crippen LogP contribution in [0.3, 0.4) is 0 Å². The third kappa shape index (κ3) is 5.77. The lowest BCUT2D eigenvalue weighted by molar-refractivity contribution is -0.137. The second kappa shape index (κ2) is 10.00. The Kier molecular flexibility index (Phi) is 7.39. The fourth-order valence-corrected chi connectivity index (χ4v) is 3.47. The lowest BCUT2D eigenvalue weighted by atomic mass is 10.2. The summed E-state index contributed by atoms with van der Waals surface area (Å²) in [6.45, 7) is 2.68. The molecular weight excluding hydrogens is 395 g/mol. The molecule has 0 saturated heterocycles. The SMILES string of the molecule is CCCCCOc1cccc(N(C)c2nc(OC3CCCC3)ncc2C(F)(F)F)c1. The van der Waals surface area contributed by atoms with Crippen molar-refractivity contribution in [2.24, 2.45) is 0 Å². The van der Waals surface area contributed by atoms with Gasteiger partial charge in [-0.3, -0.25) is 0 Å². The molecule has 1 aromatic heterocycles. The van der Waals surface area contributed by atoms with Crippen LogP contribution in [0.25, 0.3) is 0 Å². The van der Waals surface area contributed by atoms with Crippen molar-refractivity contribution in [1.82, 2.24) is 9.97 Å². The van der Waals surface area contributed by atoms with E-state index in [0.717, 1.165) is 51.1 Å². The molecule has 5 nitrogen and oxygen atoms in total. The number of rotatable bonds is 9. The topological polar surface area (TPSA) is 47.5 Å². The lowest BCUT2D eigenvalue weighted by Gasteiger charge is -2.23. The molecule has 0 atom stereocenters. The number of nitrogens with zero attached hydrogens (tertiary/aromatic N) is 3. The minimum atomic E-state index is -4.58. The van der Waals surface area contributed by atoms with Gasteiger partial charge in [-0.15, -0.1) is 0 Å². The Morgan fingerprint density at radius 2 is 1.93 bits per heavy atom. The van der Waals surface area contributed by atoms with Crippen molar-refractivity contribution in [2.45, 2.75) is 64.1 Å². The van der Waals surface area contributed by atoms with Crippen LogP contribution >= 0.6 is 0 Å². The lowest BCUT2D eigenvalue weighted by Crippen LogP contribution is -2.21. The predicted molar refractivity (Wildman–Crippen MR) is 109 cm³/mol. The maximum Gasteiger partial charge on any atom is 0.421 e. The monoisotopic (exact) mass is 423 g/mol. The van der Waals surface area contributed by atoms with Crippen molar-refractivity contribution >= 4 is 11.5 Å². The maximum atomic E-state index is 13.6. The molecule has 0 amide bonds. The van der Waals surface area contributed by atoms with Crippen LogP contribution in [0.5, 0.6) is 11.8 Å². The number of aromatic nitrogens is 2. The smallest absolute Gasteiger partial charge is 0.421 e. The maximum absolute atomic E-state index is 13.6. The Morgan fingerprint density at radius 1 is 1.17 bits per heavy atom. The van der Waals surface area contributed by atoms with Crippen LogP contribution in [0.2, 0.25) is 0 Å². The van der Waals surface area contributed by atoms with Crippen molar-refractivity contribution in [3.05, 3.63) is 36.0 Å². The van der Waals surface area contributed by atoms with E-state index in [1.807, 2.05) is 0 Å². The van der Waals surface area contributed by atoms with Crippen molar-refractivity contribution in [2.75, 3.05) is 18.6 Å². The van der Waals surface area contributed by atoms with Crippen molar-refractivity contribution < 1.29 is 22.6 Å². The molecule has 30 heavy (non-hydrogen) atoms. The quantitative estimate of drug-likeness (QED) is 0.453. The van der Waals surface area contributed by atoms with Crippen LogP contribution in [0.4, 0.5) is 24.7 Å². The van der Waals surface area contributed by atoms with Gasteiger partial charge < -0.3 is 14.4 Å². The molecule has 0 unspecified atom stereocenters. The van der Waals surface area contributed by atoms with Crippen molar-refractivity contribution in [3.8, 4) is 11.8 Å². The first-order chi connectivity index (χ1) is 14.4. The largest absolute Gasteiger partial charge is 0.494 e. The molecule has 1 aliphatic rings. The molecule has 164 valence electrons. The third-order valence-corrected chi connectivity index (χ3v) is 5.17. The summed E-state index contributed by atoms with van der Waals surface area (Å²) in [6, 6.07) is 6.96. The van der Waals surface area contributed by atoms with Crippen LogP contribution in [-0.2, 0) is 6.18 Å². The van der Waals surface area contributed by atoms with Gasteiger partial charge in [-0.2, -0.15) is 18.2 Å². The minimum Gasteiger partial charge on any atom is -0.494 e. The van der Waals surface area contributed by atoms with E-state index in [1.54, 1.807) is 31.3 Å². The molecule has 2 aromatic rings. The van der Waals surface area contributed by atoms with E-state index in [2.05, 4.69) is 16.9 Å². The summed E-state index contributed by atoms with van der Waals surface area (Å²) in [7, 11) is 1.55. The molecule has 1 heterocycles. The van der Waals surface area contributed by atoms with Gasteiger partial charge in [0.25, 0.3) is 0 Å². The first-order valence-electron chi connectivity index (χ1n) is 10.5. The summed E-state index contributed by atoms with van der Waals surface area (Å²) in [4.78, 5) is 9.34. The highest BCUT2D eigenvalue weighted by molar-refractivity contribution is 5.64. The van der Waals surface area contributed by atoms with Gasteiger partial charge in [0.2, 0.25) is 0 Å². The molecule has 0 N–H and O–H groups in total. The molecule has 8 heteroatoms. The molecule has 3 rings (SSSR count). The molecular formula is C22H28F3N3O2. The number of benzene rings is 1. The van der Waals surface area contributed by atoms with Gasteiger partial charge >= 0.3 is 12.2 Å². The van der Waals surface area contributed by atoms with E-state index in [1.165, 1.54) is 4.90 Å². The summed E-state index contributed by atoms with van der Waals surface area (Å²) in [5, 5.41) is 0. The van der Waals surface area contributed by atoms with Crippen LogP contribution < -0.4 is 14.4 Å². The van der Waals surface area contributed by atoms with Gasteiger partial charge in [0.15, 0.2) is 5.82 Å². The zero-order valence-electron chi connectivity index (χ0n) is 17.4. The van der Waals surface area contributed by atoms with Crippen molar-refractivity contribution in [1.29, 1.82) is 0 Å². The number of hydrogen-bond donors (Lipinski definition) is 0. The summed E-state index contributed by atoms with van der Waals surface area (Å²) in [6.07, 6.45) is 3.09. The normalized spacial score (nSPS) is 14.7. The zero-order valence-corrected chi connectivity index (χ0v) is 17.4. The molecule has 0 radical (unpaired) electrons. The molecule has 1 fully saturated rings. The average molecular weight is 423 g/mol. The van der Waals surface area contributed by atoms with E-state index in [0.29, 0.717) is 18.0 Å². The van der Waals surface area contributed by atoms with Crippen LogP contribution in [-0.4, -0.2) is 29.7 Å². The van der Waals surface area contributed by atoms with E-state index >= 15 is 0 Å². The first kappa shape index (κ1) is 22.2. The van der Waals surface area contributed by atoms with E-state index in [9.17, 15) is 13.2 Å².